The first-order valence-electron chi connectivity index (χ1n) is 7.43. The standard InChI is InChI=1S/C16H25N3O/c1-4-7-16-18-14-8-5-6-9-15(14)19(16)13(2)12-17-10-11-20-3/h5-6,8-9,13,17H,4,7,10-12H2,1-3H3. The second kappa shape index (κ2) is 7.41. The van der Waals surface area contributed by atoms with Gasteiger partial charge in [-0.25, -0.2) is 4.98 Å². The molecule has 1 unspecified atom stereocenters. The number of imidazole rings is 1. The van der Waals surface area contributed by atoms with Crippen LogP contribution in [0.4, 0.5) is 0 Å². The van der Waals surface area contributed by atoms with E-state index in [9.17, 15) is 0 Å². The van der Waals surface area contributed by atoms with Gasteiger partial charge in [-0.3, -0.25) is 0 Å². The number of hydrogen-bond acceptors (Lipinski definition) is 3. The van der Waals surface area contributed by atoms with Gasteiger partial charge >= 0.3 is 0 Å². The molecule has 1 aromatic heterocycles. The molecular weight excluding hydrogens is 250 g/mol. The van der Waals surface area contributed by atoms with Crippen LogP contribution in [0.5, 0.6) is 0 Å². The third kappa shape index (κ3) is 3.38. The molecule has 0 amide bonds. The summed E-state index contributed by atoms with van der Waals surface area (Å²) in [5.41, 5.74) is 2.33. The number of nitrogens with one attached hydrogen (secondary N) is 1. The molecule has 110 valence electrons. The predicted octanol–water partition coefficient (Wildman–Crippen LogP) is 2.79. The maximum atomic E-state index is 5.07. The van der Waals surface area contributed by atoms with E-state index in [0.717, 1.165) is 38.1 Å². The number of aromatic nitrogens is 2. The molecule has 4 heteroatoms. The van der Waals surface area contributed by atoms with Crippen LogP contribution in [-0.4, -0.2) is 36.4 Å². The van der Waals surface area contributed by atoms with Gasteiger partial charge in [-0.2, -0.15) is 0 Å². The first kappa shape index (κ1) is 15.0. The third-order valence-corrected chi connectivity index (χ3v) is 3.51. The van der Waals surface area contributed by atoms with Crippen LogP contribution in [0.15, 0.2) is 24.3 Å². The summed E-state index contributed by atoms with van der Waals surface area (Å²) in [5, 5.41) is 3.43. The summed E-state index contributed by atoms with van der Waals surface area (Å²) in [7, 11) is 1.73. The van der Waals surface area contributed by atoms with E-state index in [2.05, 4.69) is 48.0 Å². The molecule has 1 N–H and O–H groups in total. The van der Waals surface area contributed by atoms with Crippen molar-refractivity contribution in [2.75, 3.05) is 26.8 Å². The maximum Gasteiger partial charge on any atom is 0.110 e. The first-order chi connectivity index (χ1) is 9.77. The monoisotopic (exact) mass is 275 g/mol. The van der Waals surface area contributed by atoms with Crippen molar-refractivity contribution in [1.29, 1.82) is 0 Å². The number of methoxy groups -OCH3 is 1. The number of benzene rings is 1. The summed E-state index contributed by atoms with van der Waals surface area (Å²) in [4.78, 5) is 4.78. The molecule has 0 saturated carbocycles. The van der Waals surface area contributed by atoms with Gasteiger partial charge < -0.3 is 14.6 Å². The Kier molecular flexibility index (Phi) is 5.56. The minimum absolute atomic E-state index is 0.390. The van der Waals surface area contributed by atoms with Gasteiger partial charge in [0.25, 0.3) is 0 Å². The molecule has 0 aliphatic heterocycles. The molecule has 0 spiro atoms. The fourth-order valence-corrected chi connectivity index (χ4v) is 2.56. The second-order valence-corrected chi connectivity index (χ2v) is 5.18. The van der Waals surface area contributed by atoms with E-state index in [1.807, 2.05) is 0 Å². The lowest BCUT2D eigenvalue weighted by Gasteiger charge is -2.18. The van der Waals surface area contributed by atoms with Crippen LogP contribution < -0.4 is 5.32 Å². The van der Waals surface area contributed by atoms with Crippen molar-refractivity contribution in [3.05, 3.63) is 30.1 Å². The van der Waals surface area contributed by atoms with E-state index >= 15 is 0 Å². The maximum absolute atomic E-state index is 5.07. The van der Waals surface area contributed by atoms with Crippen LogP contribution in [0.1, 0.15) is 32.1 Å². The van der Waals surface area contributed by atoms with Crippen molar-refractivity contribution in [3.63, 3.8) is 0 Å². The summed E-state index contributed by atoms with van der Waals surface area (Å²) in [6.45, 7) is 7.01. The summed E-state index contributed by atoms with van der Waals surface area (Å²) in [6, 6.07) is 8.78. The van der Waals surface area contributed by atoms with Gasteiger partial charge in [0.2, 0.25) is 0 Å². The topological polar surface area (TPSA) is 39.1 Å². The van der Waals surface area contributed by atoms with Crippen molar-refractivity contribution in [1.82, 2.24) is 14.9 Å². The minimum Gasteiger partial charge on any atom is -0.383 e. The molecule has 2 aromatic rings. The van der Waals surface area contributed by atoms with E-state index < -0.39 is 0 Å². The van der Waals surface area contributed by atoms with Gasteiger partial charge in [-0.1, -0.05) is 19.1 Å². The van der Waals surface area contributed by atoms with Gasteiger partial charge in [0.05, 0.1) is 17.6 Å². The molecule has 1 heterocycles. The lowest BCUT2D eigenvalue weighted by Crippen LogP contribution is -2.27. The number of rotatable bonds is 8. The molecular formula is C16H25N3O. The Morgan fingerprint density at radius 2 is 2.15 bits per heavy atom. The van der Waals surface area contributed by atoms with E-state index in [1.165, 1.54) is 11.3 Å². The molecule has 2 rings (SSSR count). The average Bonchev–Trinajstić information content (AvgIpc) is 2.82. The fourth-order valence-electron chi connectivity index (χ4n) is 2.56. The Hall–Kier alpha value is -1.39. The Morgan fingerprint density at radius 1 is 1.35 bits per heavy atom. The Balaban J connectivity index is 2.19. The molecule has 0 radical (unpaired) electrons. The quantitative estimate of drug-likeness (QED) is 0.753. The van der Waals surface area contributed by atoms with Gasteiger partial charge in [0, 0.05) is 32.7 Å². The van der Waals surface area contributed by atoms with Crippen LogP contribution in [0.25, 0.3) is 11.0 Å². The number of para-hydroxylation sites is 2. The zero-order valence-corrected chi connectivity index (χ0v) is 12.7. The molecule has 0 fully saturated rings. The molecule has 1 atom stereocenters. The van der Waals surface area contributed by atoms with E-state index in [-0.39, 0.29) is 0 Å². The summed E-state index contributed by atoms with van der Waals surface area (Å²) in [5.74, 6) is 1.19. The number of nitrogens with zero attached hydrogens (tertiary/aromatic N) is 2. The Labute approximate surface area is 121 Å². The molecule has 1 aromatic carbocycles. The van der Waals surface area contributed by atoms with Crippen LogP contribution >= 0.6 is 0 Å². The van der Waals surface area contributed by atoms with E-state index in [0.29, 0.717) is 6.04 Å². The second-order valence-electron chi connectivity index (χ2n) is 5.18. The normalized spacial score (nSPS) is 12.9. The van der Waals surface area contributed by atoms with Crippen molar-refractivity contribution in [3.8, 4) is 0 Å². The summed E-state index contributed by atoms with van der Waals surface area (Å²) in [6.07, 6.45) is 2.14. The van der Waals surface area contributed by atoms with Crippen molar-refractivity contribution >= 4 is 11.0 Å². The van der Waals surface area contributed by atoms with Crippen LogP contribution in [0, 0.1) is 0 Å². The predicted molar refractivity (Wildman–Crippen MR) is 83.2 cm³/mol. The molecule has 0 aliphatic rings. The molecule has 20 heavy (non-hydrogen) atoms. The Morgan fingerprint density at radius 3 is 2.90 bits per heavy atom. The van der Waals surface area contributed by atoms with E-state index in [4.69, 9.17) is 9.72 Å². The summed E-state index contributed by atoms with van der Waals surface area (Å²) >= 11 is 0. The number of hydrogen-bond donors (Lipinski definition) is 1. The highest BCUT2D eigenvalue weighted by atomic mass is 16.5. The average molecular weight is 275 g/mol. The summed E-state index contributed by atoms with van der Waals surface area (Å²) < 4.78 is 7.44. The highest BCUT2D eigenvalue weighted by molar-refractivity contribution is 5.76. The van der Waals surface area contributed by atoms with Gasteiger partial charge in [0.1, 0.15) is 5.82 Å². The molecule has 4 nitrogen and oxygen atoms in total. The van der Waals surface area contributed by atoms with Crippen LogP contribution in [0.3, 0.4) is 0 Å². The number of aryl methyl sites for hydroxylation is 1. The van der Waals surface area contributed by atoms with Crippen LogP contribution in [-0.2, 0) is 11.2 Å². The minimum atomic E-state index is 0.390. The van der Waals surface area contributed by atoms with Gasteiger partial charge in [-0.15, -0.1) is 0 Å². The SMILES string of the molecule is CCCc1nc2ccccc2n1C(C)CNCCOC. The van der Waals surface area contributed by atoms with Crippen molar-refractivity contribution in [2.45, 2.75) is 32.7 Å². The number of fused-ring (bicyclic) bond motifs is 1. The van der Waals surface area contributed by atoms with Crippen molar-refractivity contribution in [2.24, 2.45) is 0 Å². The smallest absolute Gasteiger partial charge is 0.110 e. The highest BCUT2D eigenvalue weighted by Crippen LogP contribution is 2.21. The third-order valence-electron chi connectivity index (χ3n) is 3.51. The van der Waals surface area contributed by atoms with Crippen molar-refractivity contribution < 1.29 is 4.74 Å². The van der Waals surface area contributed by atoms with Gasteiger partial charge in [0.15, 0.2) is 0 Å². The molecule has 0 saturated heterocycles. The van der Waals surface area contributed by atoms with Crippen LogP contribution in [0.2, 0.25) is 0 Å². The van der Waals surface area contributed by atoms with Gasteiger partial charge in [-0.05, 0) is 25.5 Å². The lowest BCUT2D eigenvalue weighted by atomic mass is 10.2. The molecule has 0 aliphatic carbocycles. The fraction of sp³-hybridized carbons (Fsp3) is 0.562. The number of ether oxygens (including phenoxy) is 1. The Bertz CT molecular complexity index is 536. The largest absolute Gasteiger partial charge is 0.383 e. The molecule has 0 bridgehead atoms. The first-order valence-corrected chi connectivity index (χ1v) is 7.43. The highest BCUT2D eigenvalue weighted by Gasteiger charge is 2.14. The zero-order valence-electron chi connectivity index (χ0n) is 12.7. The zero-order chi connectivity index (χ0) is 14.4. The van der Waals surface area contributed by atoms with E-state index in [1.54, 1.807) is 7.11 Å². The lowest BCUT2D eigenvalue weighted by molar-refractivity contribution is 0.198.